The second kappa shape index (κ2) is 6.80. The minimum absolute atomic E-state index is 0.170. The predicted octanol–water partition coefficient (Wildman–Crippen LogP) is 2.33. The summed E-state index contributed by atoms with van der Waals surface area (Å²) < 4.78 is 0. The number of carbonyl (C=O) groups is 1. The van der Waals surface area contributed by atoms with Crippen LogP contribution in [0.15, 0.2) is 0 Å². The highest BCUT2D eigenvalue weighted by Crippen LogP contribution is 2.27. The summed E-state index contributed by atoms with van der Waals surface area (Å²) >= 11 is 1.89. The van der Waals surface area contributed by atoms with Gasteiger partial charge in [0.2, 0.25) is 5.91 Å². The van der Waals surface area contributed by atoms with Gasteiger partial charge in [0.15, 0.2) is 0 Å². The Morgan fingerprint density at radius 1 is 1.17 bits per heavy atom. The molecule has 2 fully saturated rings. The fourth-order valence-electron chi connectivity index (χ4n) is 2.87. The second-order valence-corrected chi connectivity index (χ2v) is 6.97. The van der Waals surface area contributed by atoms with Crippen molar-refractivity contribution in [1.82, 2.24) is 5.32 Å². The molecule has 3 nitrogen and oxygen atoms in total. The second-order valence-electron chi connectivity index (χ2n) is 5.74. The van der Waals surface area contributed by atoms with Crippen LogP contribution in [0.5, 0.6) is 0 Å². The molecule has 1 heterocycles. The lowest BCUT2D eigenvalue weighted by atomic mass is 9.95. The van der Waals surface area contributed by atoms with Crippen LogP contribution in [-0.4, -0.2) is 34.7 Å². The van der Waals surface area contributed by atoms with Gasteiger partial charge in [-0.1, -0.05) is 25.7 Å². The topological polar surface area (TPSA) is 49.3 Å². The van der Waals surface area contributed by atoms with Crippen molar-refractivity contribution in [2.24, 2.45) is 5.92 Å². The van der Waals surface area contributed by atoms with Gasteiger partial charge in [0.05, 0.1) is 5.60 Å². The number of amides is 1. The number of carbonyl (C=O) groups excluding carboxylic acids is 1. The van der Waals surface area contributed by atoms with Crippen LogP contribution in [-0.2, 0) is 4.79 Å². The molecule has 0 atom stereocenters. The molecule has 104 valence electrons. The molecule has 0 aromatic carbocycles. The number of hydrogen-bond donors (Lipinski definition) is 2. The first-order valence-corrected chi connectivity index (χ1v) is 8.43. The maximum Gasteiger partial charge on any atom is 0.223 e. The lowest BCUT2D eigenvalue weighted by molar-refractivity contribution is -0.126. The quantitative estimate of drug-likeness (QED) is 0.775. The predicted molar refractivity (Wildman–Crippen MR) is 75.7 cm³/mol. The lowest BCUT2D eigenvalue weighted by Gasteiger charge is -2.32. The van der Waals surface area contributed by atoms with Crippen LogP contribution in [0.3, 0.4) is 0 Å². The lowest BCUT2D eigenvalue weighted by Crippen LogP contribution is -2.46. The van der Waals surface area contributed by atoms with Gasteiger partial charge < -0.3 is 10.4 Å². The van der Waals surface area contributed by atoms with Gasteiger partial charge in [0.25, 0.3) is 0 Å². The Bertz CT molecular complexity index is 269. The highest BCUT2D eigenvalue weighted by Gasteiger charge is 2.30. The number of aliphatic hydroxyl groups is 1. The molecule has 1 amide bonds. The molecule has 0 bridgehead atoms. The Hall–Kier alpha value is -0.220. The van der Waals surface area contributed by atoms with Crippen molar-refractivity contribution in [1.29, 1.82) is 0 Å². The van der Waals surface area contributed by atoms with E-state index in [-0.39, 0.29) is 11.8 Å². The Labute approximate surface area is 114 Å². The standard InChI is InChI=1S/C14H25NO2S/c16-13(12-5-3-1-2-4-6-12)15-11-14(17)7-9-18-10-8-14/h12,17H,1-11H2,(H,15,16). The van der Waals surface area contributed by atoms with E-state index >= 15 is 0 Å². The maximum absolute atomic E-state index is 12.1. The highest BCUT2D eigenvalue weighted by molar-refractivity contribution is 7.99. The summed E-state index contributed by atoms with van der Waals surface area (Å²) in [6.07, 6.45) is 8.57. The Morgan fingerprint density at radius 2 is 1.78 bits per heavy atom. The molecule has 2 N–H and O–H groups in total. The van der Waals surface area contributed by atoms with Gasteiger partial charge in [-0.05, 0) is 37.2 Å². The summed E-state index contributed by atoms with van der Waals surface area (Å²) in [6, 6.07) is 0. The number of rotatable bonds is 3. The smallest absolute Gasteiger partial charge is 0.223 e. The Kier molecular flexibility index (Phi) is 5.37. The summed E-state index contributed by atoms with van der Waals surface area (Å²) in [5.74, 6) is 2.38. The first kappa shape index (κ1) is 14.2. The maximum atomic E-state index is 12.1. The molecule has 1 saturated carbocycles. The van der Waals surface area contributed by atoms with Crippen LogP contribution in [0, 0.1) is 5.92 Å². The van der Waals surface area contributed by atoms with E-state index in [1.807, 2.05) is 11.8 Å². The zero-order chi connectivity index (χ0) is 12.8. The van der Waals surface area contributed by atoms with Crippen LogP contribution >= 0.6 is 11.8 Å². The molecule has 0 aromatic rings. The molecule has 2 rings (SSSR count). The minimum atomic E-state index is -0.647. The molecular formula is C14H25NO2S. The number of thioether (sulfide) groups is 1. The first-order valence-electron chi connectivity index (χ1n) is 7.27. The van der Waals surface area contributed by atoms with E-state index in [9.17, 15) is 9.90 Å². The van der Waals surface area contributed by atoms with Gasteiger partial charge in [0, 0.05) is 12.5 Å². The van der Waals surface area contributed by atoms with E-state index in [0.717, 1.165) is 37.2 Å². The molecule has 18 heavy (non-hydrogen) atoms. The van der Waals surface area contributed by atoms with Gasteiger partial charge in [-0.3, -0.25) is 4.79 Å². The van der Waals surface area contributed by atoms with E-state index in [1.165, 1.54) is 25.7 Å². The summed E-state index contributed by atoms with van der Waals surface area (Å²) in [5.41, 5.74) is -0.647. The Balaban J connectivity index is 1.76. The fourth-order valence-corrected chi connectivity index (χ4v) is 4.12. The van der Waals surface area contributed by atoms with Crippen molar-refractivity contribution in [3.63, 3.8) is 0 Å². The van der Waals surface area contributed by atoms with Crippen LogP contribution in [0.2, 0.25) is 0 Å². The van der Waals surface area contributed by atoms with Gasteiger partial charge in [0.1, 0.15) is 0 Å². The summed E-state index contributed by atoms with van der Waals surface area (Å²) in [4.78, 5) is 12.1. The molecular weight excluding hydrogens is 246 g/mol. The van der Waals surface area contributed by atoms with Crippen molar-refractivity contribution >= 4 is 17.7 Å². The van der Waals surface area contributed by atoms with E-state index in [4.69, 9.17) is 0 Å². The summed E-state index contributed by atoms with van der Waals surface area (Å²) in [6.45, 7) is 0.447. The van der Waals surface area contributed by atoms with E-state index < -0.39 is 5.60 Å². The zero-order valence-corrected chi connectivity index (χ0v) is 11.9. The third-order valence-electron chi connectivity index (χ3n) is 4.24. The van der Waals surface area contributed by atoms with Crippen molar-refractivity contribution in [3.05, 3.63) is 0 Å². The van der Waals surface area contributed by atoms with E-state index in [1.54, 1.807) is 0 Å². The third-order valence-corrected chi connectivity index (χ3v) is 5.23. The molecule has 0 spiro atoms. The molecule has 0 aromatic heterocycles. The summed E-state index contributed by atoms with van der Waals surface area (Å²) in [7, 11) is 0. The third kappa shape index (κ3) is 4.16. The van der Waals surface area contributed by atoms with Crippen LogP contribution in [0.4, 0.5) is 0 Å². The largest absolute Gasteiger partial charge is 0.388 e. The molecule has 0 radical (unpaired) electrons. The molecule has 4 heteroatoms. The van der Waals surface area contributed by atoms with Crippen LogP contribution in [0.25, 0.3) is 0 Å². The van der Waals surface area contributed by atoms with Crippen molar-refractivity contribution in [2.45, 2.75) is 57.0 Å². The minimum Gasteiger partial charge on any atom is -0.388 e. The van der Waals surface area contributed by atoms with E-state index in [2.05, 4.69) is 5.32 Å². The first-order chi connectivity index (χ1) is 8.70. The average Bonchev–Trinajstić information content (AvgIpc) is 2.66. The van der Waals surface area contributed by atoms with Gasteiger partial charge in [-0.25, -0.2) is 0 Å². The van der Waals surface area contributed by atoms with Gasteiger partial charge >= 0.3 is 0 Å². The van der Waals surface area contributed by atoms with Gasteiger partial charge in [-0.2, -0.15) is 11.8 Å². The number of nitrogens with one attached hydrogen (secondary N) is 1. The number of hydrogen-bond acceptors (Lipinski definition) is 3. The average molecular weight is 271 g/mol. The van der Waals surface area contributed by atoms with E-state index in [0.29, 0.717) is 6.54 Å². The molecule has 1 saturated heterocycles. The van der Waals surface area contributed by atoms with Crippen molar-refractivity contribution < 1.29 is 9.90 Å². The highest BCUT2D eigenvalue weighted by atomic mass is 32.2. The monoisotopic (exact) mass is 271 g/mol. The Morgan fingerprint density at radius 3 is 2.39 bits per heavy atom. The molecule has 1 aliphatic heterocycles. The normalized spacial score (nSPS) is 25.4. The molecule has 1 aliphatic carbocycles. The fraction of sp³-hybridized carbons (Fsp3) is 0.929. The van der Waals surface area contributed by atoms with Crippen molar-refractivity contribution in [3.8, 4) is 0 Å². The van der Waals surface area contributed by atoms with Crippen molar-refractivity contribution in [2.75, 3.05) is 18.1 Å². The molecule has 2 aliphatic rings. The van der Waals surface area contributed by atoms with Crippen LogP contribution < -0.4 is 5.32 Å². The SMILES string of the molecule is O=C(NCC1(O)CCSCC1)C1CCCCCC1. The molecule has 0 unspecified atom stereocenters. The van der Waals surface area contributed by atoms with Crippen LogP contribution in [0.1, 0.15) is 51.4 Å². The zero-order valence-electron chi connectivity index (χ0n) is 11.1. The van der Waals surface area contributed by atoms with Gasteiger partial charge in [-0.15, -0.1) is 0 Å². The summed E-state index contributed by atoms with van der Waals surface area (Å²) in [5, 5.41) is 13.3.